The Hall–Kier alpha value is -2.07. The van der Waals surface area contributed by atoms with Crippen LogP contribution in [0.5, 0.6) is 0 Å². The number of benzene rings is 1. The first-order valence-corrected chi connectivity index (χ1v) is 12.4. The van der Waals surface area contributed by atoms with Gasteiger partial charge in [0.1, 0.15) is 6.10 Å². The molecule has 2 aromatic rings. The van der Waals surface area contributed by atoms with Gasteiger partial charge >= 0.3 is 0 Å². The molecular formula is C21H26ClN3O5S. The Kier molecular flexibility index (Phi) is 7.64. The van der Waals surface area contributed by atoms with Crippen molar-refractivity contribution in [3.05, 3.63) is 46.9 Å². The molecule has 0 aliphatic heterocycles. The van der Waals surface area contributed by atoms with Crippen molar-refractivity contribution in [1.82, 2.24) is 9.97 Å². The minimum Gasteiger partial charge on any atom is -0.393 e. The second-order valence-corrected chi connectivity index (χ2v) is 10.3. The minimum atomic E-state index is -3.47. The number of nitrogens with zero attached hydrogens (tertiary/aromatic N) is 2. The first-order valence-electron chi connectivity index (χ1n) is 10.1. The number of aliphatic hydroxyl groups excluding tert-OH is 2. The van der Waals surface area contributed by atoms with Crippen LogP contribution < -0.4 is 5.32 Å². The van der Waals surface area contributed by atoms with Gasteiger partial charge in [-0.1, -0.05) is 43.4 Å². The number of sulfone groups is 1. The van der Waals surface area contributed by atoms with E-state index in [1.807, 2.05) is 0 Å². The van der Waals surface area contributed by atoms with Crippen molar-refractivity contribution in [1.29, 1.82) is 0 Å². The van der Waals surface area contributed by atoms with E-state index < -0.39 is 28.5 Å². The van der Waals surface area contributed by atoms with Gasteiger partial charge in [-0.25, -0.2) is 13.4 Å². The van der Waals surface area contributed by atoms with Crippen molar-refractivity contribution < 1.29 is 23.4 Å². The predicted octanol–water partition coefficient (Wildman–Crippen LogP) is 2.86. The van der Waals surface area contributed by atoms with E-state index in [2.05, 4.69) is 15.3 Å². The normalized spacial score (nSPS) is 16.8. The number of carbonyl (C=O) groups is 1. The summed E-state index contributed by atoms with van der Waals surface area (Å²) in [6.07, 6.45) is 7.54. The molecule has 3 rings (SSSR count). The van der Waals surface area contributed by atoms with Crippen LogP contribution in [0.4, 0.5) is 5.82 Å². The highest BCUT2D eigenvalue weighted by atomic mass is 35.5. The van der Waals surface area contributed by atoms with Crippen LogP contribution in [0.3, 0.4) is 0 Å². The molecule has 1 heterocycles. The third-order valence-corrected chi connectivity index (χ3v) is 7.14. The SMILES string of the molecule is CS(=O)(=O)c1ccc([C@@H](CC2CCCC2)C(=O)Nc2cnc([C@@H](O)CO)cn2)cc1Cl. The molecule has 168 valence electrons. The third kappa shape index (κ3) is 6.00. The molecule has 2 atom stereocenters. The van der Waals surface area contributed by atoms with Crippen LogP contribution in [0.25, 0.3) is 0 Å². The predicted molar refractivity (Wildman–Crippen MR) is 117 cm³/mol. The first kappa shape index (κ1) is 23.6. The summed E-state index contributed by atoms with van der Waals surface area (Å²) in [6.45, 7) is -0.478. The van der Waals surface area contributed by atoms with Gasteiger partial charge in [0.2, 0.25) is 5.91 Å². The molecule has 0 radical (unpaired) electrons. The molecule has 1 aromatic carbocycles. The van der Waals surface area contributed by atoms with Crippen molar-refractivity contribution in [3.8, 4) is 0 Å². The minimum absolute atomic E-state index is 0.0295. The number of aromatic nitrogens is 2. The van der Waals surface area contributed by atoms with Gasteiger partial charge in [-0.15, -0.1) is 0 Å². The van der Waals surface area contributed by atoms with Crippen LogP contribution in [-0.4, -0.2) is 47.4 Å². The molecule has 3 N–H and O–H groups in total. The van der Waals surface area contributed by atoms with E-state index in [0.29, 0.717) is 17.9 Å². The van der Waals surface area contributed by atoms with Crippen molar-refractivity contribution in [2.75, 3.05) is 18.2 Å². The van der Waals surface area contributed by atoms with Gasteiger partial charge in [0, 0.05) is 6.26 Å². The molecule has 0 saturated heterocycles. The molecule has 31 heavy (non-hydrogen) atoms. The maximum atomic E-state index is 13.1. The molecule has 1 aliphatic rings. The summed E-state index contributed by atoms with van der Waals surface area (Å²) in [4.78, 5) is 21.3. The Morgan fingerprint density at radius 1 is 1.26 bits per heavy atom. The lowest BCUT2D eigenvalue weighted by molar-refractivity contribution is -0.118. The molecule has 0 bridgehead atoms. The largest absolute Gasteiger partial charge is 0.393 e. The summed E-state index contributed by atoms with van der Waals surface area (Å²) >= 11 is 6.22. The molecule has 0 unspecified atom stereocenters. The molecule has 0 spiro atoms. The lowest BCUT2D eigenvalue weighted by atomic mass is 9.87. The number of hydrogen-bond donors (Lipinski definition) is 3. The number of halogens is 1. The number of rotatable bonds is 8. The van der Waals surface area contributed by atoms with Gasteiger partial charge in [0.25, 0.3) is 0 Å². The fourth-order valence-electron chi connectivity index (χ4n) is 3.89. The Labute approximate surface area is 186 Å². The monoisotopic (exact) mass is 467 g/mol. The van der Waals surface area contributed by atoms with Gasteiger partial charge in [-0.3, -0.25) is 9.78 Å². The summed E-state index contributed by atoms with van der Waals surface area (Å²) in [6, 6.07) is 4.62. The number of carbonyl (C=O) groups excluding carboxylic acids is 1. The molecule has 8 nitrogen and oxygen atoms in total. The number of amides is 1. The number of anilines is 1. The quantitative estimate of drug-likeness (QED) is 0.544. The van der Waals surface area contributed by atoms with Crippen molar-refractivity contribution in [2.24, 2.45) is 5.92 Å². The van der Waals surface area contributed by atoms with Gasteiger partial charge in [0.05, 0.1) is 40.5 Å². The van der Waals surface area contributed by atoms with E-state index in [0.717, 1.165) is 31.9 Å². The Morgan fingerprint density at radius 2 is 1.97 bits per heavy atom. The number of nitrogens with one attached hydrogen (secondary N) is 1. The van der Waals surface area contributed by atoms with E-state index in [1.54, 1.807) is 12.1 Å². The van der Waals surface area contributed by atoms with Crippen LogP contribution in [-0.2, 0) is 14.6 Å². The zero-order valence-corrected chi connectivity index (χ0v) is 18.7. The second-order valence-electron chi connectivity index (χ2n) is 7.91. The molecule has 1 saturated carbocycles. The molecule has 1 aliphatic carbocycles. The second kappa shape index (κ2) is 10.0. The van der Waals surface area contributed by atoms with E-state index in [1.165, 1.54) is 18.5 Å². The topological polar surface area (TPSA) is 129 Å². The Balaban J connectivity index is 1.84. The van der Waals surface area contributed by atoms with Crippen LogP contribution in [0.2, 0.25) is 5.02 Å². The highest BCUT2D eigenvalue weighted by molar-refractivity contribution is 7.90. The van der Waals surface area contributed by atoms with Crippen molar-refractivity contribution >= 4 is 33.2 Å². The van der Waals surface area contributed by atoms with Crippen LogP contribution in [0, 0.1) is 5.92 Å². The standard InChI is InChI=1S/C21H26ClN3O5S/c1-31(29,30)19-7-6-14(9-16(19)22)15(8-13-4-2-3-5-13)21(28)25-20-11-23-17(10-24-20)18(27)12-26/h6-7,9-11,13,15,18,26-27H,2-5,8,12H2,1H3,(H,24,25,28)/t15-,18+/m1/s1. The maximum Gasteiger partial charge on any atom is 0.233 e. The summed E-state index contributed by atoms with van der Waals surface area (Å²) < 4.78 is 23.7. The average molecular weight is 468 g/mol. The zero-order chi connectivity index (χ0) is 22.6. The first-order chi connectivity index (χ1) is 14.7. The fraction of sp³-hybridized carbons (Fsp3) is 0.476. The molecular weight excluding hydrogens is 442 g/mol. The van der Waals surface area contributed by atoms with Gasteiger partial charge in [-0.05, 0) is 30.0 Å². The lowest BCUT2D eigenvalue weighted by Crippen LogP contribution is -2.24. The van der Waals surface area contributed by atoms with Crippen LogP contribution in [0.1, 0.15) is 55.4 Å². The van der Waals surface area contributed by atoms with E-state index >= 15 is 0 Å². The Morgan fingerprint density at radius 3 is 2.52 bits per heavy atom. The summed E-state index contributed by atoms with van der Waals surface area (Å²) in [5.41, 5.74) is 0.841. The maximum absolute atomic E-state index is 13.1. The Bertz CT molecular complexity index is 1020. The van der Waals surface area contributed by atoms with Crippen molar-refractivity contribution in [2.45, 2.75) is 49.0 Å². The smallest absolute Gasteiger partial charge is 0.233 e. The molecule has 1 aromatic heterocycles. The summed E-state index contributed by atoms with van der Waals surface area (Å²) in [7, 11) is -3.47. The number of aliphatic hydroxyl groups is 2. The summed E-state index contributed by atoms with van der Waals surface area (Å²) in [5, 5.41) is 21.4. The fourth-order valence-corrected chi connectivity index (χ4v) is 5.23. The summed E-state index contributed by atoms with van der Waals surface area (Å²) in [5.74, 6) is -0.204. The van der Waals surface area contributed by atoms with Gasteiger partial charge < -0.3 is 15.5 Å². The highest BCUT2D eigenvalue weighted by Gasteiger charge is 2.28. The van der Waals surface area contributed by atoms with E-state index in [-0.39, 0.29) is 27.3 Å². The number of hydrogen-bond acceptors (Lipinski definition) is 7. The van der Waals surface area contributed by atoms with Gasteiger partial charge in [-0.2, -0.15) is 0 Å². The van der Waals surface area contributed by atoms with Crippen molar-refractivity contribution in [3.63, 3.8) is 0 Å². The van der Waals surface area contributed by atoms with E-state index in [4.69, 9.17) is 16.7 Å². The van der Waals surface area contributed by atoms with Gasteiger partial charge in [0.15, 0.2) is 15.7 Å². The third-order valence-electron chi connectivity index (χ3n) is 5.56. The molecule has 1 amide bonds. The zero-order valence-electron chi connectivity index (χ0n) is 17.2. The average Bonchev–Trinajstić information content (AvgIpc) is 3.24. The van der Waals surface area contributed by atoms with Crippen LogP contribution in [0.15, 0.2) is 35.5 Å². The van der Waals surface area contributed by atoms with E-state index in [9.17, 15) is 18.3 Å². The van der Waals surface area contributed by atoms with Crippen LogP contribution >= 0.6 is 11.6 Å². The lowest BCUT2D eigenvalue weighted by Gasteiger charge is -2.21. The highest BCUT2D eigenvalue weighted by Crippen LogP contribution is 2.36. The molecule has 10 heteroatoms. The molecule has 1 fully saturated rings.